The molecule has 2 nitrogen and oxygen atoms in total. The first-order chi connectivity index (χ1) is 24.7. The van der Waals surface area contributed by atoms with Crippen LogP contribution in [-0.2, 0) is 0 Å². The van der Waals surface area contributed by atoms with Gasteiger partial charge in [0.1, 0.15) is 11.5 Å². The number of hydrogen-bond donors (Lipinski definition) is 2. The smallest absolute Gasteiger partial charge is 0.132 e. The highest BCUT2D eigenvalue weighted by atomic mass is 32.1. The van der Waals surface area contributed by atoms with Gasteiger partial charge in [-0.25, -0.2) is 0 Å². The zero-order valence-corrected chi connectivity index (χ0v) is 28.6. The first-order valence-corrected chi connectivity index (χ1v) is 17.0. The second-order valence-corrected chi connectivity index (χ2v) is 13.1. The Hall–Kier alpha value is -6.29. The average molecular weight is 673 g/mol. The van der Waals surface area contributed by atoms with E-state index in [-0.39, 0.29) is 25.0 Å². The van der Waals surface area contributed by atoms with Crippen LogP contribution in [-0.4, -0.2) is 10.2 Å². The predicted octanol–water partition coefficient (Wildman–Crippen LogP) is 13.1. The minimum atomic E-state index is 0. The molecule has 242 valence electrons. The van der Waals surface area contributed by atoms with Crippen LogP contribution in [0.1, 0.15) is 0 Å². The second-order valence-electron chi connectivity index (χ2n) is 13.1. The van der Waals surface area contributed by atoms with Crippen molar-refractivity contribution in [3.63, 3.8) is 0 Å². The summed E-state index contributed by atoms with van der Waals surface area (Å²) in [6.07, 6.45) is 0. The van der Waals surface area contributed by atoms with Gasteiger partial charge in [0.25, 0.3) is 0 Å². The average Bonchev–Trinajstić information content (AvgIpc) is 3.16. The number of phenols is 2. The van der Waals surface area contributed by atoms with E-state index < -0.39 is 0 Å². The van der Waals surface area contributed by atoms with Crippen LogP contribution < -0.4 is 0 Å². The van der Waals surface area contributed by atoms with E-state index in [0.717, 1.165) is 86.9 Å². The fourth-order valence-electron chi connectivity index (χ4n) is 8.17. The minimum Gasteiger partial charge on any atom is -0.507 e. The van der Waals surface area contributed by atoms with Crippen molar-refractivity contribution < 1.29 is 10.2 Å². The number of fused-ring (bicyclic) bond motifs is 6. The summed E-state index contributed by atoms with van der Waals surface area (Å²) >= 11 is 0. The highest BCUT2D eigenvalue weighted by molar-refractivity contribution is 7.59. The molecule has 0 aromatic heterocycles. The molecule has 0 heterocycles. The van der Waals surface area contributed by atoms with E-state index in [4.69, 9.17) is 0 Å². The normalized spacial score (nSPS) is 11.5. The van der Waals surface area contributed by atoms with Crippen LogP contribution >= 0.6 is 13.5 Å². The van der Waals surface area contributed by atoms with Crippen LogP contribution in [0.15, 0.2) is 170 Å². The van der Waals surface area contributed by atoms with Gasteiger partial charge >= 0.3 is 0 Å². The number of benzene rings is 10. The Morgan fingerprint density at radius 1 is 0.255 bits per heavy atom. The summed E-state index contributed by atoms with van der Waals surface area (Å²) in [4.78, 5) is 0. The molecular formula is C48H32O2S. The van der Waals surface area contributed by atoms with E-state index in [2.05, 4.69) is 133 Å². The first kappa shape index (κ1) is 30.7. The number of aromatic hydroxyl groups is 2. The lowest BCUT2D eigenvalue weighted by molar-refractivity contribution is 0.472. The van der Waals surface area contributed by atoms with Crippen molar-refractivity contribution >= 4 is 78.1 Å². The van der Waals surface area contributed by atoms with Crippen molar-refractivity contribution in [3.8, 4) is 44.9 Å². The van der Waals surface area contributed by atoms with Gasteiger partial charge in [0, 0.05) is 33.4 Å². The molecule has 0 aliphatic heterocycles. The summed E-state index contributed by atoms with van der Waals surface area (Å²) in [6.45, 7) is 0. The largest absolute Gasteiger partial charge is 0.507 e. The summed E-state index contributed by atoms with van der Waals surface area (Å²) in [5, 5.41) is 38.0. The van der Waals surface area contributed by atoms with Gasteiger partial charge in [0.05, 0.1) is 0 Å². The summed E-state index contributed by atoms with van der Waals surface area (Å²) in [6, 6.07) is 58.4. The third-order valence-corrected chi connectivity index (χ3v) is 10.4. The zero-order chi connectivity index (χ0) is 33.3. The molecule has 3 heteroatoms. The van der Waals surface area contributed by atoms with E-state index in [1.165, 1.54) is 0 Å². The fraction of sp³-hybridized carbons (Fsp3) is 0. The van der Waals surface area contributed by atoms with Gasteiger partial charge in [-0.2, -0.15) is 13.5 Å². The molecule has 0 radical (unpaired) electrons. The molecule has 0 saturated heterocycles. The molecule has 0 spiro atoms. The van der Waals surface area contributed by atoms with Gasteiger partial charge < -0.3 is 10.2 Å². The summed E-state index contributed by atoms with van der Waals surface area (Å²) in [7, 11) is 0. The van der Waals surface area contributed by atoms with Crippen molar-refractivity contribution in [2.75, 3.05) is 0 Å². The highest BCUT2D eigenvalue weighted by Crippen LogP contribution is 2.54. The van der Waals surface area contributed by atoms with E-state index in [1.807, 2.05) is 36.4 Å². The van der Waals surface area contributed by atoms with Crippen LogP contribution in [0.25, 0.3) is 98.0 Å². The Kier molecular flexibility index (Phi) is 7.20. The van der Waals surface area contributed by atoms with E-state index >= 15 is 0 Å². The molecule has 0 bridgehead atoms. The number of rotatable bonds is 3. The van der Waals surface area contributed by atoms with E-state index in [1.54, 1.807) is 0 Å². The molecule has 0 aliphatic carbocycles. The molecule has 0 atom stereocenters. The topological polar surface area (TPSA) is 40.5 Å². The number of phenolic OH excluding ortho intramolecular Hbond substituents is 2. The van der Waals surface area contributed by atoms with Gasteiger partial charge in [-0.05, 0) is 88.9 Å². The lowest BCUT2D eigenvalue weighted by atomic mass is 9.83. The van der Waals surface area contributed by atoms with Crippen LogP contribution in [0.5, 0.6) is 11.5 Å². The summed E-state index contributed by atoms with van der Waals surface area (Å²) in [5.74, 6) is 0.288. The van der Waals surface area contributed by atoms with Crippen LogP contribution in [0.3, 0.4) is 0 Å². The molecule has 10 aromatic rings. The van der Waals surface area contributed by atoms with E-state index in [0.29, 0.717) is 11.1 Å². The van der Waals surface area contributed by atoms with Crippen molar-refractivity contribution in [3.05, 3.63) is 170 Å². The lowest BCUT2D eigenvalue weighted by Crippen LogP contribution is -1.94. The molecule has 51 heavy (non-hydrogen) atoms. The minimum absolute atomic E-state index is 0. The predicted molar refractivity (Wildman–Crippen MR) is 221 cm³/mol. The quantitative estimate of drug-likeness (QED) is 0.183. The highest BCUT2D eigenvalue weighted by Gasteiger charge is 2.25. The molecule has 10 rings (SSSR count). The van der Waals surface area contributed by atoms with Crippen molar-refractivity contribution in [2.24, 2.45) is 0 Å². The second kappa shape index (κ2) is 11.9. The van der Waals surface area contributed by atoms with Crippen molar-refractivity contribution in [1.82, 2.24) is 0 Å². The summed E-state index contributed by atoms with van der Waals surface area (Å²) < 4.78 is 0. The Bertz CT molecular complexity index is 2700. The van der Waals surface area contributed by atoms with Crippen LogP contribution in [0.4, 0.5) is 0 Å². The zero-order valence-electron chi connectivity index (χ0n) is 27.6. The van der Waals surface area contributed by atoms with E-state index in [9.17, 15) is 10.2 Å². The van der Waals surface area contributed by atoms with Crippen LogP contribution in [0, 0.1) is 0 Å². The van der Waals surface area contributed by atoms with Gasteiger partial charge in [-0.3, -0.25) is 0 Å². The monoisotopic (exact) mass is 672 g/mol. The maximum atomic E-state index is 12.8. The Labute approximate surface area is 301 Å². The first-order valence-electron chi connectivity index (χ1n) is 17.0. The SMILES string of the molecule is Oc1c(-c2c3ccccc3cc3ccccc23)cc2ccccc2c1-c1c(O)c(-c2c3ccccc3cc3ccccc23)cc2ccccc12.S. The van der Waals surface area contributed by atoms with Crippen LogP contribution in [0.2, 0.25) is 0 Å². The Morgan fingerprint density at radius 3 is 0.745 bits per heavy atom. The Balaban J connectivity index is 0.00000348. The molecule has 0 aliphatic rings. The molecule has 0 unspecified atom stereocenters. The molecular weight excluding hydrogens is 641 g/mol. The number of hydrogen-bond acceptors (Lipinski definition) is 2. The fourth-order valence-corrected chi connectivity index (χ4v) is 8.17. The Morgan fingerprint density at radius 2 is 0.471 bits per heavy atom. The maximum absolute atomic E-state index is 12.8. The third kappa shape index (κ3) is 4.66. The third-order valence-electron chi connectivity index (χ3n) is 10.4. The molecule has 0 fully saturated rings. The molecule has 0 saturated carbocycles. The van der Waals surface area contributed by atoms with Gasteiger partial charge in [0.15, 0.2) is 0 Å². The van der Waals surface area contributed by atoms with Gasteiger partial charge in [0.2, 0.25) is 0 Å². The van der Waals surface area contributed by atoms with Gasteiger partial charge in [-0.1, -0.05) is 146 Å². The molecule has 2 N–H and O–H groups in total. The van der Waals surface area contributed by atoms with Crippen molar-refractivity contribution in [1.29, 1.82) is 0 Å². The standard InChI is InChI=1S/C48H30O2.H2S/c49-47-41(43-35-19-7-1-13-29(35)25-30-14-2-8-20-36(30)43)27-33-17-5-11-23-39(33)45(47)46-40-24-12-6-18-34(40)28-42(48(46)50)44-37-21-9-3-15-31(37)26-32-16-4-10-22-38(32)44;/h1-28,49-50H;1H2. The maximum Gasteiger partial charge on any atom is 0.132 e. The summed E-state index contributed by atoms with van der Waals surface area (Å²) in [5.41, 5.74) is 4.66. The molecule has 10 aromatic carbocycles. The molecule has 0 amide bonds. The van der Waals surface area contributed by atoms with Crippen molar-refractivity contribution in [2.45, 2.75) is 0 Å². The lowest BCUT2D eigenvalue weighted by Gasteiger charge is -2.21. The van der Waals surface area contributed by atoms with Gasteiger partial charge in [-0.15, -0.1) is 0 Å².